The van der Waals surface area contributed by atoms with Crippen molar-refractivity contribution >= 4 is 5.91 Å². The summed E-state index contributed by atoms with van der Waals surface area (Å²) in [4.78, 5) is 17.7. The lowest BCUT2D eigenvalue weighted by Crippen LogP contribution is -2.52. The van der Waals surface area contributed by atoms with Crippen LogP contribution in [0.3, 0.4) is 0 Å². The molecule has 2 aliphatic carbocycles. The first kappa shape index (κ1) is 16.8. The van der Waals surface area contributed by atoms with Crippen molar-refractivity contribution in [2.45, 2.75) is 51.4 Å². The van der Waals surface area contributed by atoms with E-state index in [1.807, 2.05) is 0 Å². The van der Waals surface area contributed by atoms with E-state index in [1.54, 1.807) is 0 Å². The van der Waals surface area contributed by atoms with Crippen molar-refractivity contribution in [3.63, 3.8) is 0 Å². The van der Waals surface area contributed by atoms with Crippen molar-refractivity contribution in [2.24, 2.45) is 23.7 Å². The highest BCUT2D eigenvalue weighted by molar-refractivity contribution is 5.79. The molecule has 4 nitrogen and oxygen atoms in total. The van der Waals surface area contributed by atoms with Crippen LogP contribution in [0.1, 0.15) is 51.4 Å². The SMILES string of the molecule is O=C([C@@H]1CC[C@@H]2CCCC[C@@H]2C1)N1CCN(C[C@H]2CCOC2)CC1. The van der Waals surface area contributed by atoms with Crippen LogP contribution in [-0.2, 0) is 9.53 Å². The molecule has 4 fully saturated rings. The Morgan fingerprint density at radius 1 is 0.917 bits per heavy atom. The van der Waals surface area contributed by atoms with Crippen molar-refractivity contribution in [3.8, 4) is 0 Å². The summed E-state index contributed by atoms with van der Waals surface area (Å²) < 4.78 is 5.49. The van der Waals surface area contributed by atoms with Gasteiger partial charge in [-0.1, -0.05) is 25.7 Å². The lowest BCUT2D eigenvalue weighted by atomic mass is 9.67. The Hall–Kier alpha value is -0.610. The molecule has 0 aromatic rings. The van der Waals surface area contributed by atoms with Gasteiger partial charge in [0.1, 0.15) is 0 Å². The predicted octanol–water partition coefficient (Wildman–Crippen LogP) is 2.77. The molecular weight excluding hydrogens is 300 g/mol. The highest BCUT2D eigenvalue weighted by Gasteiger charge is 2.37. The van der Waals surface area contributed by atoms with Crippen molar-refractivity contribution in [2.75, 3.05) is 45.9 Å². The first-order valence-corrected chi connectivity index (χ1v) is 10.4. The summed E-state index contributed by atoms with van der Waals surface area (Å²) in [7, 11) is 0. The summed E-state index contributed by atoms with van der Waals surface area (Å²) in [6.45, 7) is 7.03. The first-order chi connectivity index (χ1) is 11.8. The molecule has 0 bridgehead atoms. The van der Waals surface area contributed by atoms with Gasteiger partial charge >= 0.3 is 0 Å². The third-order valence-corrected chi connectivity index (χ3v) is 7.11. The van der Waals surface area contributed by atoms with Gasteiger partial charge in [-0.15, -0.1) is 0 Å². The van der Waals surface area contributed by atoms with E-state index in [0.29, 0.717) is 17.7 Å². The summed E-state index contributed by atoms with van der Waals surface area (Å²) in [6, 6.07) is 0. The fourth-order valence-electron chi connectivity index (χ4n) is 5.60. The number of hydrogen-bond donors (Lipinski definition) is 0. The lowest BCUT2D eigenvalue weighted by molar-refractivity contribution is -0.139. The van der Waals surface area contributed by atoms with Crippen LogP contribution >= 0.6 is 0 Å². The molecule has 1 amide bonds. The summed E-state index contributed by atoms with van der Waals surface area (Å²) in [6.07, 6.45) is 10.5. The van der Waals surface area contributed by atoms with Gasteiger partial charge in [0.05, 0.1) is 6.61 Å². The molecule has 4 rings (SSSR count). The van der Waals surface area contributed by atoms with Gasteiger partial charge in [-0.05, 0) is 43.4 Å². The Morgan fingerprint density at radius 2 is 1.71 bits per heavy atom. The van der Waals surface area contributed by atoms with Gasteiger partial charge in [0, 0.05) is 45.2 Å². The van der Waals surface area contributed by atoms with Gasteiger partial charge in [-0.3, -0.25) is 9.69 Å². The van der Waals surface area contributed by atoms with Crippen LogP contribution in [0.5, 0.6) is 0 Å². The van der Waals surface area contributed by atoms with E-state index in [4.69, 9.17) is 4.74 Å². The average Bonchev–Trinajstić information content (AvgIpc) is 3.14. The van der Waals surface area contributed by atoms with Crippen molar-refractivity contribution in [1.29, 1.82) is 0 Å². The fourth-order valence-corrected chi connectivity index (χ4v) is 5.60. The quantitative estimate of drug-likeness (QED) is 0.796. The molecule has 4 atom stereocenters. The minimum atomic E-state index is 0.333. The smallest absolute Gasteiger partial charge is 0.225 e. The van der Waals surface area contributed by atoms with Crippen LogP contribution in [-0.4, -0.2) is 61.6 Å². The summed E-state index contributed by atoms with van der Waals surface area (Å²) in [5.41, 5.74) is 0. The fraction of sp³-hybridized carbons (Fsp3) is 0.950. The molecule has 24 heavy (non-hydrogen) atoms. The molecule has 0 N–H and O–H groups in total. The Morgan fingerprint density at radius 3 is 2.46 bits per heavy atom. The van der Waals surface area contributed by atoms with E-state index < -0.39 is 0 Å². The zero-order chi connectivity index (χ0) is 16.4. The maximum atomic E-state index is 13.0. The van der Waals surface area contributed by atoms with E-state index in [1.165, 1.54) is 44.9 Å². The zero-order valence-corrected chi connectivity index (χ0v) is 15.1. The van der Waals surface area contributed by atoms with Gasteiger partial charge < -0.3 is 9.64 Å². The second-order valence-electron chi connectivity index (χ2n) is 8.67. The number of rotatable bonds is 3. The molecule has 0 unspecified atom stereocenters. The van der Waals surface area contributed by atoms with E-state index in [2.05, 4.69) is 9.80 Å². The van der Waals surface area contributed by atoms with Crippen molar-refractivity contribution in [3.05, 3.63) is 0 Å². The second-order valence-corrected chi connectivity index (χ2v) is 8.67. The van der Waals surface area contributed by atoms with E-state index in [-0.39, 0.29) is 0 Å². The van der Waals surface area contributed by atoms with E-state index >= 15 is 0 Å². The Balaban J connectivity index is 1.24. The zero-order valence-electron chi connectivity index (χ0n) is 15.1. The monoisotopic (exact) mass is 334 g/mol. The highest BCUT2D eigenvalue weighted by Crippen LogP contribution is 2.43. The maximum Gasteiger partial charge on any atom is 0.225 e. The van der Waals surface area contributed by atoms with Crippen LogP contribution in [0.25, 0.3) is 0 Å². The summed E-state index contributed by atoms with van der Waals surface area (Å²) in [5.74, 6) is 3.31. The second kappa shape index (κ2) is 7.74. The number of nitrogens with zero attached hydrogens (tertiary/aromatic N) is 2. The largest absolute Gasteiger partial charge is 0.381 e. The molecule has 0 aromatic carbocycles. The predicted molar refractivity (Wildman–Crippen MR) is 94.7 cm³/mol. The summed E-state index contributed by atoms with van der Waals surface area (Å²) >= 11 is 0. The Kier molecular flexibility index (Phi) is 5.43. The van der Waals surface area contributed by atoms with Gasteiger partial charge in [0.2, 0.25) is 5.91 Å². The van der Waals surface area contributed by atoms with Crippen LogP contribution in [0.2, 0.25) is 0 Å². The molecule has 2 saturated heterocycles. The minimum Gasteiger partial charge on any atom is -0.381 e. The van der Waals surface area contributed by atoms with Gasteiger partial charge in [-0.25, -0.2) is 0 Å². The number of hydrogen-bond acceptors (Lipinski definition) is 3. The van der Waals surface area contributed by atoms with Crippen molar-refractivity contribution in [1.82, 2.24) is 9.80 Å². The molecule has 2 aliphatic heterocycles. The molecule has 0 aromatic heterocycles. The number of carbonyl (C=O) groups excluding carboxylic acids is 1. The van der Waals surface area contributed by atoms with Gasteiger partial charge in [-0.2, -0.15) is 0 Å². The average molecular weight is 335 g/mol. The van der Waals surface area contributed by atoms with E-state index in [0.717, 1.165) is 64.2 Å². The minimum absolute atomic E-state index is 0.333. The third-order valence-electron chi connectivity index (χ3n) is 7.11. The molecule has 136 valence electrons. The summed E-state index contributed by atoms with van der Waals surface area (Å²) in [5, 5.41) is 0. The maximum absolute atomic E-state index is 13.0. The number of piperazine rings is 1. The van der Waals surface area contributed by atoms with Gasteiger partial charge in [0.15, 0.2) is 0 Å². The molecule has 2 saturated carbocycles. The van der Waals surface area contributed by atoms with Crippen LogP contribution in [0.15, 0.2) is 0 Å². The highest BCUT2D eigenvalue weighted by atomic mass is 16.5. The molecule has 2 heterocycles. The van der Waals surface area contributed by atoms with Gasteiger partial charge in [0.25, 0.3) is 0 Å². The number of carbonyl (C=O) groups is 1. The molecule has 0 spiro atoms. The first-order valence-electron chi connectivity index (χ1n) is 10.4. The lowest BCUT2D eigenvalue weighted by Gasteiger charge is -2.42. The normalized spacial score (nSPS) is 38.1. The number of fused-ring (bicyclic) bond motifs is 1. The molecule has 4 aliphatic rings. The standard InChI is InChI=1S/C20H34N2O2/c23-20(19-6-5-17-3-1-2-4-18(17)13-19)22-10-8-21(9-11-22)14-16-7-12-24-15-16/h16-19H,1-15H2/t16-,17+,18-,19-/m1/s1. The van der Waals surface area contributed by atoms with Crippen LogP contribution < -0.4 is 0 Å². The van der Waals surface area contributed by atoms with E-state index in [9.17, 15) is 4.79 Å². The van der Waals surface area contributed by atoms with Crippen molar-refractivity contribution < 1.29 is 9.53 Å². The number of ether oxygens (including phenoxy) is 1. The number of amides is 1. The third kappa shape index (κ3) is 3.80. The Bertz CT molecular complexity index is 427. The molecule has 0 radical (unpaired) electrons. The van der Waals surface area contributed by atoms with Crippen LogP contribution in [0, 0.1) is 23.7 Å². The topological polar surface area (TPSA) is 32.8 Å². The Labute approximate surface area is 146 Å². The molecule has 4 heteroatoms. The van der Waals surface area contributed by atoms with Crippen LogP contribution in [0.4, 0.5) is 0 Å². The molecular formula is C20H34N2O2.